The van der Waals surface area contributed by atoms with Gasteiger partial charge in [0.25, 0.3) is 5.91 Å². The Labute approximate surface area is 192 Å². The van der Waals surface area contributed by atoms with Crippen LogP contribution in [0.3, 0.4) is 0 Å². The number of anilines is 1. The monoisotopic (exact) mass is 448 g/mol. The molecule has 1 aromatic heterocycles. The molecular weight excluding hydrogens is 420 g/mol. The number of hydrogen-bond acceptors (Lipinski definition) is 5. The molecule has 0 saturated heterocycles. The fraction of sp³-hybridized carbons (Fsp3) is 0.346. The minimum Gasteiger partial charge on any atom is -0.496 e. The Morgan fingerprint density at radius 1 is 1.12 bits per heavy atom. The van der Waals surface area contributed by atoms with Gasteiger partial charge in [0.05, 0.1) is 12.6 Å². The van der Waals surface area contributed by atoms with Gasteiger partial charge in [-0.1, -0.05) is 25.5 Å². The Kier molecular flexibility index (Phi) is 6.22. The van der Waals surface area contributed by atoms with E-state index in [0.29, 0.717) is 22.4 Å². The van der Waals surface area contributed by atoms with E-state index in [4.69, 9.17) is 9.15 Å². The van der Waals surface area contributed by atoms with Gasteiger partial charge in [-0.2, -0.15) is 0 Å². The molecule has 1 aliphatic rings. The van der Waals surface area contributed by atoms with E-state index in [-0.39, 0.29) is 17.0 Å². The van der Waals surface area contributed by atoms with Crippen LogP contribution in [0.5, 0.6) is 5.75 Å². The van der Waals surface area contributed by atoms with E-state index in [1.165, 1.54) is 6.92 Å². The van der Waals surface area contributed by atoms with E-state index in [0.717, 1.165) is 43.2 Å². The van der Waals surface area contributed by atoms with Gasteiger partial charge in [-0.25, -0.2) is 4.79 Å². The highest BCUT2D eigenvalue weighted by Gasteiger charge is 2.44. The highest BCUT2D eigenvalue weighted by Crippen LogP contribution is 2.45. The molecule has 1 heterocycles. The lowest BCUT2D eigenvalue weighted by molar-refractivity contribution is -0.120. The molecule has 0 radical (unpaired) electrons. The molecule has 1 aliphatic carbocycles. The van der Waals surface area contributed by atoms with Crippen molar-refractivity contribution >= 4 is 28.5 Å². The number of benzene rings is 2. The van der Waals surface area contributed by atoms with Crippen LogP contribution >= 0.6 is 0 Å². The first kappa shape index (κ1) is 22.6. The maximum atomic E-state index is 12.8. The number of carbonyl (C=O) groups is 2. The molecule has 7 heteroatoms. The first-order chi connectivity index (χ1) is 15.9. The number of aryl methyl sites for hydroxylation is 1. The molecule has 0 spiro atoms. The van der Waals surface area contributed by atoms with Gasteiger partial charge in [0.2, 0.25) is 5.91 Å². The van der Waals surface area contributed by atoms with Crippen LogP contribution in [0.15, 0.2) is 51.7 Å². The van der Waals surface area contributed by atoms with Crippen LogP contribution in [0, 0.1) is 0 Å². The van der Waals surface area contributed by atoms with Crippen LogP contribution in [0.2, 0.25) is 0 Å². The van der Waals surface area contributed by atoms with Crippen molar-refractivity contribution < 1.29 is 18.7 Å². The summed E-state index contributed by atoms with van der Waals surface area (Å²) in [4.78, 5) is 37.0. The fourth-order valence-electron chi connectivity index (χ4n) is 4.18. The average Bonchev–Trinajstić information content (AvgIpc) is 3.57. The lowest BCUT2D eigenvalue weighted by atomic mass is 10.0. The summed E-state index contributed by atoms with van der Waals surface area (Å²) < 4.78 is 11.0. The van der Waals surface area contributed by atoms with Crippen LogP contribution < -0.4 is 21.0 Å². The zero-order valence-electron chi connectivity index (χ0n) is 19.1. The molecule has 33 heavy (non-hydrogen) atoms. The molecule has 0 bridgehead atoms. The molecule has 0 atom stereocenters. The number of amides is 2. The topological polar surface area (TPSA) is 97.6 Å². The largest absolute Gasteiger partial charge is 0.496 e. The lowest BCUT2D eigenvalue weighted by Crippen LogP contribution is -2.32. The standard InChI is InChI=1S/C26H28N2O5/c1-4-5-6-20-22(32-3)12-7-17-15-21(25(31)33-23(17)20)24(30)27-19-10-8-18(9-11-19)26(13-14-26)28-16(2)29/h7-12,15H,4-6,13-14H2,1-3H3,(H,27,30)(H,28,29). The third-order valence-electron chi connectivity index (χ3n) is 6.07. The van der Waals surface area contributed by atoms with E-state index in [9.17, 15) is 14.4 Å². The fourth-order valence-corrected chi connectivity index (χ4v) is 4.18. The molecule has 3 aromatic rings. The average molecular weight is 449 g/mol. The van der Waals surface area contributed by atoms with Crippen LogP contribution in [0.25, 0.3) is 11.0 Å². The number of methoxy groups -OCH3 is 1. The number of unbranched alkanes of at least 4 members (excludes halogenated alkanes) is 1. The lowest BCUT2D eigenvalue weighted by Gasteiger charge is -2.17. The van der Waals surface area contributed by atoms with Crippen LogP contribution in [-0.4, -0.2) is 18.9 Å². The zero-order valence-corrected chi connectivity index (χ0v) is 19.1. The summed E-state index contributed by atoms with van der Waals surface area (Å²) in [5, 5.41) is 6.43. The van der Waals surface area contributed by atoms with Crippen LogP contribution in [-0.2, 0) is 16.8 Å². The summed E-state index contributed by atoms with van der Waals surface area (Å²) in [5.41, 5.74) is 1.80. The van der Waals surface area contributed by atoms with Crippen molar-refractivity contribution in [3.63, 3.8) is 0 Å². The third-order valence-corrected chi connectivity index (χ3v) is 6.07. The molecule has 1 saturated carbocycles. The third kappa shape index (κ3) is 4.62. The predicted molar refractivity (Wildman–Crippen MR) is 127 cm³/mol. The molecule has 1 fully saturated rings. The summed E-state index contributed by atoms with van der Waals surface area (Å²) in [6.45, 7) is 3.60. The van der Waals surface area contributed by atoms with Crippen molar-refractivity contribution in [1.82, 2.24) is 5.32 Å². The first-order valence-corrected chi connectivity index (χ1v) is 11.2. The molecule has 0 unspecified atom stereocenters. The molecular formula is C26H28N2O5. The van der Waals surface area contributed by atoms with Gasteiger partial charge in [-0.05, 0) is 61.6 Å². The molecule has 4 rings (SSSR count). The second-order valence-corrected chi connectivity index (χ2v) is 8.51. The molecule has 7 nitrogen and oxygen atoms in total. The number of nitrogens with one attached hydrogen (secondary N) is 2. The van der Waals surface area contributed by atoms with Crippen molar-refractivity contribution in [3.05, 3.63) is 69.6 Å². The Morgan fingerprint density at radius 2 is 1.85 bits per heavy atom. The minimum atomic E-state index is -0.690. The minimum absolute atomic E-state index is 0.0601. The highest BCUT2D eigenvalue weighted by atomic mass is 16.5. The van der Waals surface area contributed by atoms with E-state index < -0.39 is 11.5 Å². The van der Waals surface area contributed by atoms with E-state index in [1.807, 2.05) is 18.2 Å². The van der Waals surface area contributed by atoms with Gasteiger partial charge < -0.3 is 19.8 Å². The Bertz CT molecular complexity index is 1260. The van der Waals surface area contributed by atoms with Crippen molar-refractivity contribution in [1.29, 1.82) is 0 Å². The number of hydrogen-bond donors (Lipinski definition) is 2. The number of rotatable bonds is 8. The quantitative estimate of drug-likeness (QED) is 0.494. The number of carbonyl (C=O) groups excluding carboxylic acids is 2. The van der Waals surface area contributed by atoms with Gasteiger partial charge in [0.1, 0.15) is 16.9 Å². The second-order valence-electron chi connectivity index (χ2n) is 8.51. The zero-order chi connectivity index (χ0) is 23.6. The van der Waals surface area contributed by atoms with Crippen molar-refractivity contribution in [2.75, 3.05) is 12.4 Å². The van der Waals surface area contributed by atoms with Crippen molar-refractivity contribution in [2.24, 2.45) is 0 Å². The normalized spacial score (nSPS) is 14.0. The van der Waals surface area contributed by atoms with Crippen molar-refractivity contribution in [3.8, 4) is 5.75 Å². The first-order valence-electron chi connectivity index (χ1n) is 11.2. The Hall–Kier alpha value is -3.61. The van der Waals surface area contributed by atoms with E-state index >= 15 is 0 Å². The summed E-state index contributed by atoms with van der Waals surface area (Å²) in [6.07, 6.45) is 4.43. The van der Waals surface area contributed by atoms with Gasteiger partial charge in [-0.15, -0.1) is 0 Å². The molecule has 2 amide bonds. The summed E-state index contributed by atoms with van der Waals surface area (Å²) in [6, 6.07) is 12.5. The molecule has 2 N–H and O–H groups in total. The maximum absolute atomic E-state index is 12.8. The van der Waals surface area contributed by atoms with Gasteiger partial charge >= 0.3 is 5.63 Å². The van der Waals surface area contributed by atoms with Gasteiger partial charge in [0, 0.05) is 23.6 Å². The molecule has 2 aromatic carbocycles. The van der Waals surface area contributed by atoms with Crippen LogP contribution in [0.4, 0.5) is 5.69 Å². The Balaban J connectivity index is 1.58. The van der Waals surface area contributed by atoms with E-state index in [1.54, 1.807) is 31.4 Å². The Morgan fingerprint density at radius 3 is 2.45 bits per heavy atom. The second kappa shape index (κ2) is 9.10. The predicted octanol–water partition coefficient (Wildman–Crippen LogP) is 4.52. The van der Waals surface area contributed by atoms with E-state index in [2.05, 4.69) is 17.6 Å². The number of fused-ring (bicyclic) bond motifs is 1. The molecule has 172 valence electrons. The van der Waals surface area contributed by atoms with Crippen molar-refractivity contribution in [2.45, 2.75) is 51.5 Å². The summed E-state index contributed by atoms with van der Waals surface area (Å²) in [7, 11) is 1.59. The van der Waals surface area contributed by atoms with Gasteiger partial charge in [0.15, 0.2) is 0 Å². The SMILES string of the molecule is CCCCc1c(OC)ccc2cc(C(=O)Nc3ccc(C4(NC(C)=O)CC4)cc3)c(=O)oc12. The van der Waals surface area contributed by atoms with Gasteiger partial charge in [-0.3, -0.25) is 9.59 Å². The highest BCUT2D eigenvalue weighted by molar-refractivity contribution is 6.05. The summed E-state index contributed by atoms with van der Waals surface area (Å²) >= 11 is 0. The maximum Gasteiger partial charge on any atom is 0.349 e. The summed E-state index contributed by atoms with van der Waals surface area (Å²) in [5.74, 6) is 0.0693. The van der Waals surface area contributed by atoms with Crippen LogP contribution in [0.1, 0.15) is 61.0 Å². The molecule has 0 aliphatic heterocycles. The number of ether oxygens (including phenoxy) is 1. The smallest absolute Gasteiger partial charge is 0.349 e.